The highest BCUT2D eigenvalue weighted by Crippen LogP contribution is 2.47. The van der Waals surface area contributed by atoms with Crippen molar-refractivity contribution in [2.45, 2.75) is 42.0 Å². The Morgan fingerprint density at radius 1 is 0.906 bits per heavy atom. The number of rotatable bonds is 16. The van der Waals surface area contributed by atoms with Gasteiger partial charge in [-0.15, -0.1) is 11.3 Å². The maximum Gasteiger partial charge on any atom is 0.243 e. The number of hydrogen-bond acceptors (Lipinski definition) is 9. The molecule has 0 radical (unpaired) electrons. The molecule has 0 aliphatic carbocycles. The number of pyridine rings is 1. The molecule has 2 unspecified atom stereocenters. The standard InChI is InChI=1S/C36H36N7O7PS2/c37-35(45)28(18-26-19-38-22-40-26)42-36(46)29(17-25-21-52-30-13-5-4-12-27(25)30)41-32(44)20-51(47,48)33(16-23-8-2-1-3-9-23)43-53(49,50)31-14-6-10-24-11-7-15-39-34(24)31/h1-15,19,21-22,28-29,33,43H,16-18,20H2,(H2,37,45)(H,38,40)(H,41,44)(H,42,46)(H,47,48)/t28-,29-,33?/m0/s1. The smallest absolute Gasteiger partial charge is 0.243 e. The van der Waals surface area contributed by atoms with E-state index in [1.165, 1.54) is 42.2 Å². The molecule has 0 spiro atoms. The van der Waals surface area contributed by atoms with Gasteiger partial charge in [0.05, 0.1) is 11.8 Å². The summed E-state index contributed by atoms with van der Waals surface area (Å²) in [5, 5.41) is 8.42. The molecule has 3 amide bonds. The quantitative estimate of drug-likeness (QED) is 0.0793. The van der Waals surface area contributed by atoms with Gasteiger partial charge < -0.3 is 26.2 Å². The van der Waals surface area contributed by atoms with Crippen LogP contribution in [-0.4, -0.2) is 70.0 Å². The van der Waals surface area contributed by atoms with Crippen molar-refractivity contribution in [1.29, 1.82) is 0 Å². The first-order chi connectivity index (χ1) is 25.4. The van der Waals surface area contributed by atoms with Gasteiger partial charge in [-0.1, -0.05) is 66.7 Å². The van der Waals surface area contributed by atoms with E-state index in [0.717, 1.165) is 15.6 Å². The molecule has 53 heavy (non-hydrogen) atoms. The second-order valence-corrected chi connectivity index (χ2v) is 17.4. The van der Waals surface area contributed by atoms with Gasteiger partial charge in [0.25, 0.3) is 0 Å². The van der Waals surface area contributed by atoms with E-state index in [1.807, 2.05) is 29.6 Å². The summed E-state index contributed by atoms with van der Waals surface area (Å²) in [5.41, 5.74) is 7.58. The highest BCUT2D eigenvalue weighted by Gasteiger charge is 2.38. The number of thiophene rings is 1. The predicted octanol–water partition coefficient (Wildman–Crippen LogP) is 3.23. The van der Waals surface area contributed by atoms with Crippen molar-refractivity contribution in [3.63, 3.8) is 0 Å². The van der Waals surface area contributed by atoms with E-state index < -0.39 is 59.1 Å². The van der Waals surface area contributed by atoms with Gasteiger partial charge in [0.2, 0.25) is 35.1 Å². The number of aromatic nitrogens is 3. The molecule has 3 heterocycles. The van der Waals surface area contributed by atoms with E-state index in [0.29, 0.717) is 16.6 Å². The average molecular weight is 774 g/mol. The van der Waals surface area contributed by atoms with E-state index in [9.17, 15) is 32.3 Å². The molecule has 6 aromatic rings. The topological polar surface area (TPSA) is 226 Å². The summed E-state index contributed by atoms with van der Waals surface area (Å²) in [5.74, 6) is -4.20. The fraction of sp³-hybridized carbons (Fsp3) is 0.194. The number of carbonyl (C=O) groups is 3. The van der Waals surface area contributed by atoms with E-state index >= 15 is 0 Å². The van der Waals surface area contributed by atoms with Crippen molar-refractivity contribution in [3.8, 4) is 0 Å². The minimum atomic E-state index is -4.72. The second kappa shape index (κ2) is 16.2. The van der Waals surface area contributed by atoms with Crippen LogP contribution >= 0.6 is 18.7 Å². The lowest BCUT2D eigenvalue weighted by molar-refractivity contribution is -0.130. The number of sulfonamides is 1. The van der Waals surface area contributed by atoms with Gasteiger partial charge in [-0.05, 0) is 46.5 Å². The summed E-state index contributed by atoms with van der Waals surface area (Å²) in [6, 6.07) is 21.4. The lowest BCUT2D eigenvalue weighted by atomic mass is 10.0. The third-order valence-corrected chi connectivity index (χ3v) is 13.3. The molecular formula is C36H36N7O7PS2. The number of nitrogens with two attached hydrogens (primary N) is 1. The number of aromatic amines is 1. The van der Waals surface area contributed by atoms with Crippen molar-refractivity contribution < 1.29 is 32.3 Å². The number of fused-ring (bicyclic) bond motifs is 2. The van der Waals surface area contributed by atoms with Crippen LogP contribution in [0.5, 0.6) is 0 Å². The van der Waals surface area contributed by atoms with Crippen molar-refractivity contribution in [3.05, 3.63) is 126 Å². The Morgan fingerprint density at radius 3 is 2.42 bits per heavy atom. The van der Waals surface area contributed by atoms with Gasteiger partial charge >= 0.3 is 0 Å². The zero-order chi connectivity index (χ0) is 37.6. The molecule has 3 aromatic carbocycles. The largest absolute Gasteiger partial charge is 0.368 e. The number of nitrogens with one attached hydrogen (secondary N) is 4. The molecule has 274 valence electrons. The van der Waals surface area contributed by atoms with Gasteiger partial charge in [0.1, 0.15) is 28.9 Å². The Labute approximate surface area is 308 Å². The van der Waals surface area contributed by atoms with Crippen LogP contribution in [0.15, 0.2) is 114 Å². The molecule has 0 fully saturated rings. The van der Waals surface area contributed by atoms with Crippen molar-refractivity contribution in [2.24, 2.45) is 5.73 Å². The lowest BCUT2D eigenvalue weighted by Crippen LogP contribution is -2.54. The number of imidazole rings is 1. The molecule has 7 N–H and O–H groups in total. The van der Waals surface area contributed by atoms with Crippen LogP contribution < -0.4 is 21.1 Å². The number of hydrogen-bond donors (Lipinski definition) is 6. The van der Waals surface area contributed by atoms with Crippen LogP contribution in [-0.2, 0) is 48.2 Å². The Bertz CT molecular complexity index is 2400. The fourth-order valence-corrected chi connectivity index (χ4v) is 10.4. The SMILES string of the molecule is NC(=O)[C@H](Cc1cnc[nH]1)NC(=O)[C@H](Cc1csc2ccccc12)NC(=O)CP(=O)(O)C(Cc1ccccc1)NS(=O)(=O)c1cccc2cccnc12. The number of amides is 3. The summed E-state index contributed by atoms with van der Waals surface area (Å²) in [4.78, 5) is 62.2. The van der Waals surface area contributed by atoms with Gasteiger partial charge in [-0.2, -0.15) is 4.72 Å². The van der Waals surface area contributed by atoms with E-state index in [4.69, 9.17) is 5.73 Å². The van der Waals surface area contributed by atoms with Crippen LogP contribution in [0.3, 0.4) is 0 Å². The first-order valence-electron chi connectivity index (χ1n) is 16.4. The molecule has 17 heteroatoms. The minimum absolute atomic E-state index is 0.00247. The summed E-state index contributed by atoms with van der Waals surface area (Å²) in [6.07, 6.45) is 3.06. The van der Waals surface area contributed by atoms with Crippen LogP contribution in [0.4, 0.5) is 0 Å². The molecule has 0 bridgehead atoms. The molecule has 0 aliphatic heterocycles. The Kier molecular flexibility index (Phi) is 11.5. The van der Waals surface area contributed by atoms with Gasteiger partial charge in [0.15, 0.2) is 0 Å². The maximum absolute atomic E-state index is 14.2. The summed E-state index contributed by atoms with van der Waals surface area (Å²) in [7, 11) is -9.17. The average Bonchev–Trinajstić information content (AvgIpc) is 3.81. The second-order valence-electron chi connectivity index (χ2n) is 12.4. The number of primary amides is 1. The Balaban J connectivity index is 1.26. The summed E-state index contributed by atoms with van der Waals surface area (Å²) in [6.45, 7) is 0. The van der Waals surface area contributed by atoms with E-state index in [-0.39, 0.29) is 29.7 Å². The van der Waals surface area contributed by atoms with Crippen LogP contribution in [0.25, 0.3) is 21.0 Å². The number of nitrogens with zero attached hydrogens (tertiary/aromatic N) is 2. The first kappa shape index (κ1) is 37.5. The van der Waals surface area contributed by atoms with Crippen LogP contribution in [0.2, 0.25) is 0 Å². The van der Waals surface area contributed by atoms with Crippen molar-refractivity contribution in [2.75, 3.05) is 6.16 Å². The summed E-state index contributed by atoms with van der Waals surface area (Å²) >= 11 is 1.44. The predicted molar refractivity (Wildman–Crippen MR) is 202 cm³/mol. The highest BCUT2D eigenvalue weighted by atomic mass is 32.2. The third kappa shape index (κ3) is 9.22. The third-order valence-electron chi connectivity index (χ3n) is 8.58. The van der Waals surface area contributed by atoms with Crippen molar-refractivity contribution >= 4 is 67.4 Å². The Hall–Kier alpha value is -5.25. The monoisotopic (exact) mass is 773 g/mol. The fourth-order valence-electron chi connectivity index (χ4n) is 5.93. The molecule has 3 aromatic heterocycles. The van der Waals surface area contributed by atoms with Crippen LogP contribution in [0.1, 0.15) is 16.8 Å². The first-order valence-corrected chi connectivity index (χ1v) is 20.7. The molecule has 0 saturated carbocycles. The zero-order valence-corrected chi connectivity index (χ0v) is 30.6. The zero-order valence-electron chi connectivity index (χ0n) is 28.1. The number of H-pyrrole nitrogens is 1. The number of carbonyl (C=O) groups excluding carboxylic acids is 3. The van der Waals surface area contributed by atoms with E-state index in [1.54, 1.807) is 48.5 Å². The minimum Gasteiger partial charge on any atom is -0.368 e. The maximum atomic E-state index is 14.2. The van der Waals surface area contributed by atoms with Gasteiger partial charge in [-0.3, -0.25) is 23.9 Å². The number of benzene rings is 3. The molecule has 14 nitrogen and oxygen atoms in total. The molecule has 0 saturated heterocycles. The Morgan fingerprint density at radius 2 is 1.66 bits per heavy atom. The van der Waals surface area contributed by atoms with Gasteiger partial charge in [0, 0.05) is 41.0 Å². The lowest BCUT2D eigenvalue weighted by Gasteiger charge is -2.26. The highest BCUT2D eigenvalue weighted by molar-refractivity contribution is 7.90. The summed E-state index contributed by atoms with van der Waals surface area (Å²) < 4.78 is 45.2. The van der Waals surface area contributed by atoms with E-state index in [2.05, 4.69) is 30.3 Å². The van der Waals surface area contributed by atoms with Gasteiger partial charge in [-0.25, -0.2) is 13.4 Å². The van der Waals surface area contributed by atoms with Crippen LogP contribution in [0, 0.1) is 0 Å². The molecular weight excluding hydrogens is 738 g/mol. The number of para-hydroxylation sites is 1. The molecule has 6 rings (SSSR count). The normalized spacial score (nSPS) is 14.6. The molecule has 0 aliphatic rings. The molecule has 4 atom stereocenters. The van der Waals surface area contributed by atoms with Crippen molar-refractivity contribution in [1.82, 2.24) is 30.3 Å².